The largest absolute Gasteiger partial charge is 0.372 e. The smallest absolute Gasteiger partial charge is 0.160 e. The van der Waals surface area contributed by atoms with E-state index in [2.05, 4.69) is 72.0 Å². The van der Waals surface area contributed by atoms with Gasteiger partial charge in [0.15, 0.2) is 5.17 Å². The first-order valence-electron chi connectivity index (χ1n) is 10.0. The lowest BCUT2D eigenvalue weighted by molar-refractivity contribution is 0.255. The second kappa shape index (κ2) is 7.93. The normalized spacial score (nSPS) is 24.0. The summed E-state index contributed by atoms with van der Waals surface area (Å²) in [7, 11) is 0. The van der Waals surface area contributed by atoms with E-state index >= 15 is 0 Å². The van der Waals surface area contributed by atoms with Gasteiger partial charge in [0.05, 0.1) is 11.7 Å². The van der Waals surface area contributed by atoms with Crippen molar-refractivity contribution in [2.24, 2.45) is 4.99 Å². The minimum atomic E-state index is 0.0716. The molecule has 2 aliphatic heterocycles. The molecule has 142 valence electrons. The summed E-state index contributed by atoms with van der Waals surface area (Å²) in [6.07, 6.45) is 3.03. The Morgan fingerprint density at radius 1 is 1.07 bits per heavy atom. The van der Waals surface area contributed by atoms with Crippen molar-refractivity contribution >= 4 is 22.6 Å². The zero-order valence-electron chi connectivity index (χ0n) is 16.4. The Hall–Kier alpha value is -2.01. The summed E-state index contributed by atoms with van der Waals surface area (Å²) in [5.41, 5.74) is 3.69. The van der Waals surface area contributed by atoms with Crippen molar-refractivity contribution in [1.82, 2.24) is 9.88 Å². The minimum absolute atomic E-state index is 0.0716. The van der Waals surface area contributed by atoms with E-state index in [1.807, 2.05) is 24.0 Å². The maximum Gasteiger partial charge on any atom is 0.160 e. The van der Waals surface area contributed by atoms with Crippen LogP contribution >= 0.6 is 11.8 Å². The molecule has 0 saturated carbocycles. The number of pyridine rings is 1. The van der Waals surface area contributed by atoms with E-state index in [0.29, 0.717) is 6.04 Å². The van der Waals surface area contributed by atoms with E-state index in [1.165, 1.54) is 16.4 Å². The molecule has 2 aromatic rings. The summed E-state index contributed by atoms with van der Waals surface area (Å²) in [4.78, 5) is 14.7. The maximum absolute atomic E-state index is 5.10. The predicted octanol–water partition coefficient (Wildman–Crippen LogP) is 4.91. The number of benzene rings is 1. The third-order valence-corrected chi connectivity index (χ3v) is 6.82. The van der Waals surface area contributed by atoms with E-state index in [0.717, 1.165) is 31.0 Å². The summed E-state index contributed by atoms with van der Waals surface area (Å²) in [5.74, 6) is 1.14. The Balaban J connectivity index is 1.71. The van der Waals surface area contributed by atoms with E-state index in [-0.39, 0.29) is 12.1 Å². The van der Waals surface area contributed by atoms with E-state index < -0.39 is 0 Å². The van der Waals surface area contributed by atoms with Crippen molar-refractivity contribution in [2.45, 2.75) is 45.3 Å². The number of amidine groups is 1. The van der Waals surface area contributed by atoms with Gasteiger partial charge < -0.3 is 9.80 Å². The van der Waals surface area contributed by atoms with Gasteiger partial charge >= 0.3 is 0 Å². The van der Waals surface area contributed by atoms with E-state index in [1.54, 1.807) is 0 Å². The van der Waals surface area contributed by atoms with Crippen LogP contribution in [0.3, 0.4) is 0 Å². The molecule has 0 radical (unpaired) electrons. The molecule has 1 aromatic heterocycles. The Bertz CT molecular complexity index is 786. The van der Waals surface area contributed by atoms with Gasteiger partial charge in [-0.25, -0.2) is 0 Å². The maximum atomic E-state index is 5.10. The Labute approximate surface area is 166 Å². The highest BCUT2D eigenvalue weighted by Gasteiger charge is 2.45. The number of anilines is 1. The molecular formula is C22H28N4S. The molecule has 1 saturated heterocycles. The summed E-state index contributed by atoms with van der Waals surface area (Å²) in [5, 5.41) is 1.19. The van der Waals surface area contributed by atoms with Gasteiger partial charge in [0, 0.05) is 36.8 Å². The molecule has 5 heteroatoms. The predicted molar refractivity (Wildman–Crippen MR) is 116 cm³/mol. The average Bonchev–Trinajstić information content (AvgIpc) is 3.29. The number of aliphatic imine (C=N–C) groups is 1. The fourth-order valence-electron chi connectivity index (χ4n) is 4.18. The van der Waals surface area contributed by atoms with Gasteiger partial charge in [-0.3, -0.25) is 9.98 Å². The second-order valence-corrected chi connectivity index (χ2v) is 8.09. The first kappa shape index (κ1) is 18.4. The van der Waals surface area contributed by atoms with Crippen LogP contribution in [0.1, 0.15) is 50.5 Å². The van der Waals surface area contributed by atoms with Crippen molar-refractivity contribution in [2.75, 3.05) is 23.7 Å². The molecule has 4 nitrogen and oxygen atoms in total. The highest BCUT2D eigenvalue weighted by atomic mass is 32.2. The van der Waals surface area contributed by atoms with Gasteiger partial charge in [0.2, 0.25) is 0 Å². The lowest BCUT2D eigenvalue weighted by Gasteiger charge is -2.32. The van der Waals surface area contributed by atoms with Crippen molar-refractivity contribution in [3.8, 4) is 0 Å². The van der Waals surface area contributed by atoms with Crippen LogP contribution < -0.4 is 4.90 Å². The Morgan fingerprint density at radius 2 is 1.85 bits per heavy atom. The van der Waals surface area contributed by atoms with Gasteiger partial charge in [-0.05, 0) is 50.1 Å². The minimum Gasteiger partial charge on any atom is -0.372 e. The number of nitrogens with zero attached hydrogens (tertiary/aromatic N) is 4. The molecule has 4 rings (SSSR count). The third kappa shape index (κ3) is 3.33. The number of hydrogen-bond donors (Lipinski definition) is 0. The van der Waals surface area contributed by atoms with Gasteiger partial charge in [0.1, 0.15) is 6.04 Å². The van der Waals surface area contributed by atoms with Crippen LogP contribution in [0.4, 0.5) is 5.69 Å². The van der Waals surface area contributed by atoms with Gasteiger partial charge in [0.25, 0.3) is 0 Å². The molecule has 1 fully saturated rings. The van der Waals surface area contributed by atoms with Crippen molar-refractivity contribution in [3.05, 3.63) is 59.9 Å². The first-order chi connectivity index (χ1) is 13.3. The Morgan fingerprint density at radius 3 is 2.48 bits per heavy atom. The van der Waals surface area contributed by atoms with E-state index in [9.17, 15) is 0 Å². The molecule has 0 N–H and O–H groups in total. The highest BCUT2D eigenvalue weighted by Crippen LogP contribution is 2.48. The standard InChI is InChI=1S/C22H28N4S/c1-4-17-15-27-22-24-20(19-9-7-8-14-23-19)21(26(17)22)16-10-12-18(13-11-16)25(5-2)6-3/h7-14,17,20-21H,4-6,15H2,1-3H3/t17-,20-,21+/m0/s1. The fraction of sp³-hybridized carbons (Fsp3) is 0.455. The van der Waals surface area contributed by atoms with Gasteiger partial charge in [-0.2, -0.15) is 0 Å². The molecular weight excluding hydrogens is 352 g/mol. The lowest BCUT2D eigenvalue weighted by atomic mass is 9.95. The number of aromatic nitrogens is 1. The van der Waals surface area contributed by atoms with Crippen LogP contribution in [-0.2, 0) is 0 Å². The van der Waals surface area contributed by atoms with Crippen molar-refractivity contribution in [1.29, 1.82) is 0 Å². The SMILES string of the molecule is CC[C@H]1CSC2=N[C@@H](c3ccccn3)[C@@H](c3ccc(N(CC)CC)cc3)N21. The topological polar surface area (TPSA) is 31.7 Å². The van der Waals surface area contributed by atoms with Crippen LogP contribution in [-0.4, -0.2) is 39.9 Å². The van der Waals surface area contributed by atoms with Crippen LogP contribution in [0.2, 0.25) is 0 Å². The first-order valence-corrected chi connectivity index (χ1v) is 11.0. The quantitative estimate of drug-likeness (QED) is 0.713. The summed E-state index contributed by atoms with van der Waals surface area (Å²) < 4.78 is 0. The Kier molecular flexibility index (Phi) is 5.39. The fourth-order valence-corrected chi connectivity index (χ4v) is 5.52. The van der Waals surface area contributed by atoms with Crippen LogP contribution in [0.5, 0.6) is 0 Å². The van der Waals surface area contributed by atoms with Crippen molar-refractivity contribution in [3.63, 3.8) is 0 Å². The lowest BCUT2D eigenvalue weighted by Crippen LogP contribution is -2.35. The number of hydrogen-bond acceptors (Lipinski definition) is 5. The van der Waals surface area contributed by atoms with Crippen LogP contribution in [0.15, 0.2) is 53.7 Å². The molecule has 2 aliphatic rings. The summed E-state index contributed by atoms with van der Waals surface area (Å²) in [6.45, 7) is 8.76. The highest BCUT2D eigenvalue weighted by molar-refractivity contribution is 8.14. The molecule has 0 unspecified atom stereocenters. The average molecular weight is 381 g/mol. The zero-order chi connectivity index (χ0) is 18.8. The third-order valence-electron chi connectivity index (χ3n) is 5.69. The van der Waals surface area contributed by atoms with Gasteiger partial charge in [-0.15, -0.1) is 0 Å². The van der Waals surface area contributed by atoms with Gasteiger partial charge in [-0.1, -0.05) is 36.9 Å². The zero-order valence-corrected chi connectivity index (χ0v) is 17.2. The second-order valence-electron chi connectivity index (χ2n) is 7.10. The molecule has 0 spiro atoms. The molecule has 0 bridgehead atoms. The molecule has 27 heavy (non-hydrogen) atoms. The van der Waals surface area contributed by atoms with E-state index in [4.69, 9.17) is 4.99 Å². The number of thioether (sulfide) groups is 1. The van der Waals surface area contributed by atoms with Crippen molar-refractivity contribution < 1.29 is 0 Å². The number of fused-ring (bicyclic) bond motifs is 1. The van der Waals surface area contributed by atoms with Crippen LogP contribution in [0, 0.1) is 0 Å². The summed E-state index contributed by atoms with van der Waals surface area (Å²) in [6, 6.07) is 16.1. The molecule has 0 aliphatic carbocycles. The molecule has 3 atom stereocenters. The number of rotatable bonds is 6. The molecule has 1 aromatic carbocycles. The monoisotopic (exact) mass is 380 g/mol. The summed E-state index contributed by atoms with van der Waals surface area (Å²) >= 11 is 1.90. The molecule has 3 heterocycles. The van der Waals surface area contributed by atoms with Crippen LogP contribution in [0.25, 0.3) is 0 Å². The molecule has 0 amide bonds.